The number of benzene rings is 1. The van der Waals surface area contributed by atoms with Crippen LogP contribution >= 0.6 is 0 Å². The normalized spacial score (nSPS) is 16.7. The van der Waals surface area contributed by atoms with Crippen LogP contribution in [0.15, 0.2) is 41.2 Å². The van der Waals surface area contributed by atoms with E-state index in [-0.39, 0.29) is 36.3 Å². The van der Waals surface area contributed by atoms with Gasteiger partial charge < -0.3 is 19.3 Å². The number of carbonyl (C=O) groups is 1. The number of carbonyl (C=O) groups excluding carboxylic acids is 1. The van der Waals surface area contributed by atoms with Crippen molar-refractivity contribution in [3.8, 4) is 11.5 Å². The molecule has 0 fully saturated rings. The van der Waals surface area contributed by atoms with Gasteiger partial charge in [-0.2, -0.15) is 0 Å². The molecule has 0 bridgehead atoms. The van der Waals surface area contributed by atoms with Gasteiger partial charge in [-0.3, -0.25) is 9.59 Å². The highest BCUT2D eigenvalue weighted by Crippen LogP contribution is 2.25. The summed E-state index contributed by atoms with van der Waals surface area (Å²) in [4.78, 5) is 26.4. The Morgan fingerprint density at radius 2 is 2.08 bits per heavy atom. The molecule has 1 aliphatic rings. The number of rotatable bonds is 3. The van der Waals surface area contributed by atoms with Gasteiger partial charge in [0.2, 0.25) is 5.91 Å². The Hall–Kier alpha value is -2.76. The van der Waals surface area contributed by atoms with Crippen LogP contribution in [0, 0.1) is 6.92 Å². The fraction of sp³-hybridized carbons (Fsp3) is 0.368. The van der Waals surface area contributed by atoms with Crippen molar-refractivity contribution < 1.29 is 14.6 Å². The summed E-state index contributed by atoms with van der Waals surface area (Å²) in [5, 5.41) is 9.45. The summed E-state index contributed by atoms with van der Waals surface area (Å²) in [6, 6.07) is 10.4. The molecule has 0 saturated carbocycles. The second-order valence-electron chi connectivity index (χ2n) is 6.41. The number of aromatic hydroxyl groups is 1. The molecule has 6 heteroatoms. The second kappa shape index (κ2) is 7.01. The van der Waals surface area contributed by atoms with Crippen LogP contribution in [0.25, 0.3) is 0 Å². The molecule has 1 amide bonds. The second-order valence-corrected chi connectivity index (χ2v) is 6.41. The zero-order chi connectivity index (χ0) is 18.0. The number of para-hydroxylation sites is 1. The number of pyridine rings is 1. The van der Waals surface area contributed by atoms with E-state index >= 15 is 0 Å². The van der Waals surface area contributed by atoms with Gasteiger partial charge in [-0.15, -0.1) is 0 Å². The van der Waals surface area contributed by atoms with Gasteiger partial charge in [0.05, 0.1) is 6.54 Å². The first-order chi connectivity index (χ1) is 11.9. The molecular weight excluding hydrogens is 320 g/mol. The number of amides is 1. The van der Waals surface area contributed by atoms with E-state index in [9.17, 15) is 14.7 Å². The summed E-state index contributed by atoms with van der Waals surface area (Å²) in [6.45, 7) is 4.98. The third-order valence-electron chi connectivity index (χ3n) is 4.36. The lowest BCUT2D eigenvalue weighted by molar-refractivity contribution is -0.132. The predicted octanol–water partition coefficient (Wildman–Crippen LogP) is 2.06. The van der Waals surface area contributed by atoms with Crippen molar-refractivity contribution in [1.82, 2.24) is 9.47 Å². The van der Waals surface area contributed by atoms with Gasteiger partial charge in [-0.1, -0.05) is 18.2 Å². The van der Waals surface area contributed by atoms with Gasteiger partial charge in [0.25, 0.3) is 5.56 Å². The topological polar surface area (TPSA) is 71.8 Å². The Morgan fingerprint density at radius 1 is 1.32 bits per heavy atom. The van der Waals surface area contributed by atoms with Crippen LogP contribution < -0.4 is 10.3 Å². The predicted molar refractivity (Wildman–Crippen MR) is 93.7 cm³/mol. The minimum Gasteiger partial charge on any atom is -0.508 e. The lowest BCUT2D eigenvalue weighted by atomic mass is 10.2. The molecule has 1 N–H and O–H groups in total. The lowest BCUT2D eigenvalue weighted by Crippen LogP contribution is -2.37. The van der Waals surface area contributed by atoms with Crippen molar-refractivity contribution in [3.05, 3.63) is 58.0 Å². The highest BCUT2D eigenvalue weighted by atomic mass is 16.5. The zero-order valence-electron chi connectivity index (χ0n) is 14.4. The number of fused-ring (bicyclic) bond motifs is 1. The Kier molecular flexibility index (Phi) is 4.79. The fourth-order valence-corrected chi connectivity index (χ4v) is 3.14. The minimum atomic E-state index is -0.303. The SMILES string of the molecule is Cc1cc(O)cc(=O)n1CCC(=O)N1Cc2ccccc2OC(C)C1. The van der Waals surface area contributed by atoms with Crippen molar-refractivity contribution in [3.63, 3.8) is 0 Å². The molecule has 0 radical (unpaired) electrons. The lowest BCUT2D eigenvalue weighted by Gasteiger charge is -2.22. The monoisotopic (exact) mass is 342 g/mol. The molecule has 1 aromatic carbocycles. The molecular formula is C19H22N2O4. The average molecular weight is 342 g/mol. The maximum atomic E-state index is 12.7. The van der Waals surface area contributed by atoms with Crippen LogP contribution in [-0.2, 0) is 17.9 Å². The van der Waals surface area contributed by atoms with Gasteiger partial charge in [-0.25, -0.2) is 0 Å². The molecule has 1 unspecified atom stereocenters. The molecule has 25 heavy (non-hydrogen) atoms. The average Bonchev–Trinajstić information content (AvgIpc) is 2.71. The number of nitrogens with zero attached hydrogens (tertiary/aromatic N) is 2. The van der Waals surface area contributed by atoms with E-state index in [1.165, 1.54) is 10.6 Å². The highest BCUT2D eigenvalue weighted by Gasteiger charge is 2.23. The highest BCUT2D eigenvalue weighted by molar-refractivity contribution is 5.76. The van der Waals surface area contributed by atoms with Crippen LogP contribution in [-0.4, -0.2) is 33.1 Å². The fourth-order valence-electron chi connectivity index (χ4n) is 3.14. The summed E-state index contributed by atoms with van der Waals surface area (Å²) >= 11 is 0. The Morgan fingerprint density at radius 3 is 2.84 bits per heavy atom. The Balaban J connectivity index is 1.72. The number of aryl methyl sites for hydroxylation is 1. The Labute approximate surface area is 146 Å². The quantitative estimate of drug-likeness (QED) is 0.927. The molecule has 6 nitrogen and oxygen atoms in total. The maximum absolute atomic E-state index is 12.7. The largest absolute Gasteiger partial charge is 0.508 e. The third kappa shape index (κ3) is 3.84. The van der Waals surface area contributed by atoms with Crippen molar-refractivity contribution in [2.24, 2.45) is 0 Å². The number of aromatic nitrogens is 1. The first-order valence-corrected chi connectivity index (χ1v) is 8.37. The van der Waals surface area contributed by atoms with E-state index in [4.69, 9.17) is 4.74 Å². The van der Waals surface area contributed by atoms with Crippen molar-refractivity contribution >= 4 is 5.91 Å². The number of ether oxygens (including phenoxy) is 1. The van der Waals surface area contributed by atoms with E-state index in [0.717, 1.165) is 17.4 Å². The van der Waals surface area contributed by atoms with Crippen LogP contribution in [0.2, 0.25) is 0 Å². The van der Waals surface area contributed by atoms with Gasteiger partial charge in [0, 0.05) is 36.8 Å². The van der Waals surface area contributed by atoms with Crippen LogP contribution in [0.4, 0.5) is 0 Å². The Bertz CT molecular complexity index is 844. The van der Waals surface area contributed by atoms with Gasteiger partial charge in [0.1, 0.15) is 17.6 Å². The van der Waals surface area contributed by atoms with Crippen molar-refractivity contribution in [2.75, 3.05) is 6.54 Å². The molecule has 0 aliphatic carbocycles. The number of hydrogen-bond acceptors (Lipinski definition) is 4. The van der Waals surface area contributed by atoms with Crippen molar-refractivity contribution in [2.45, 2.75) is 39.5 Å². The molecule has 3 rings (SSSR count). The van der Waals surface area contributed by atoms with Crippen LogP contribution in [0.1, 0.15) is 24.6 Å². The first-order valence-electron chi connectivity index (χ1n) is 8.37. The van der Waals surface area contributed by atoms with Gasteiger partial charge >= 0.3 is 0 Å². The summed E-state index contributed by atoms with van der Waals surface area (Å²) in [6.07, 6.45) is 0.131. The van der Waals surface area contributed by atoms with E-state index in [1.54, 1.807) is 11.8 Å². The van der Waals surface area contributed by atoms with E-state index in [2.05, 4.69) is 0 Å². The molecule has 1 aliphatic heterocycles. The summed E-state index contributed by atoms with van der Waals surface area (Å²) < 4.78 is 7.38. The standard InChI is InChI=1S/C19H22N2O4/c1-13-9-16(22)10-19(24)21(13)8-7-18(23)20-11-14(2)25-17-6-4-3-5-15(17)12-20/h3-6,9-10,14,22H,7-8,11-12H2,1-2H3. The molecule has 2 aromatic rings. The van der Waals surface area contributed by atoms with Gasteiger partial charge in [0.15, 0.2) is 0 Å². The molecule has 2 heterocycles. The summed E-state index contributed by atoms with van der Waals surface area (Å²) in [7, 11) is 0. The number of hydrogen-bond donors (Lipinski definition) is 1. The van der Waals surface area contributed by atoms with Crippen LogP contribution in [0.3, 0.4) is 0 Å². The summed E-state index contributed by atoms with van der Waals surface area (Å²) in [5.74, 6) is 0.739. The van der Waals surface area contributed by atoms with E-state index < -0.39 is 0 Å². The van der Waals surface area contributed by atoms with Gasteiger partial charge in [-0.05, 0) is 26.0 Å². The van der Waals surface area contributed by atoms with E-state index in [0.29, 0.717) is 18.8 Å². The molecule has 1 aromatic heterocycles. The summed E-state index contributed by atoms with van der Waals surface area (Å²) in [5.41, 5.74) is 1.32. The zero-order valence-corrected chi connectivity index (χ0v) is 14.4. The third-order valence-corrected chi connectivity index (χ3v) is 4.36. The minimum absolute atomic E-state index is 0.0217. The molecule has 0 spiro atoms. The van der Waals surface area contributed by atoms with E-state index in [1.807, 2.05) is 31.2 Å². The van der Waals surface area contributed by atoms with Crippen LogP contribution in [0.5, 0.6) is 11.5 Å². The smallest absolute Gasteiger partial charge is 0.254 e. The molecule has 1 atom stereocenters. The van der Waals surface area contributed by atoms with Crippen molar-refractivity contribution in [1.29, 1.82) is 0 Å². The molecule has 132 valence electrons. The maximum Gasteiger partial charge on any atom is 0.254 e. The molecule has 0 saturated heterocycles. The first kappa shape index (κ1) is 17.1.